The van der Waals surface area contributed by atoms with Crippen LogP contribution in [0.15, 0.2) is 54.6 Å². The summed E-state index contributed by atoms with van der Waals surface area (Å²) in [5, 5.41) is 6.31. The number of benzene rings is 2. The maximum Gasteiger partial charge on any atom is 0.317 e. The third-order valence-corrected chi connectivity index (χ3v) is 5.85. The number of hydrogen-bond acceptors (Lipinski definition) is 2. The Kier molecular flexibility index (Phi) is 7.50. The predicted octanol–water partition coefficient (Wildman–Crippen LogP) is 4.55. The second kappa shape index (κ2) is 10.3. The molecule has 0 saturated carbocycles. The Labute approximate surface area is 179 Å². The Balaban J connectivity index is 1.52. The summed E-state index contributed by atoms with van der Waals surface area (Å²) in [4.78, 5) is 27.1. The highest BCUT2D eigenvalue weighted by molar-refractivity contribution is 5.94. The number of hydrogen-bond donors (Lipinski definition) is 2. The molecule has 2 aromatic carbocycles. The number of piperidine rings is 1. The van der Waals surface area contributed by atoms with E-state index in [-0.39, 0.29) is 24.0 Å². The van der Waals surface area contributed by atoms with E-state index in [1.54, 1.807) is 0 Å². The lowest BCUT2D eigenvalue weighted by Crippen LogP contribution is -2.50. The minimum absolute atomic E-state index is 0.0149. The molecule has 30 heavy (non-hydrogen) atoms. The van der Waals surface area contributed by atoms with Gasteiger partial charge in [-0.3, -0.25) is 4.79 Å². The third kappa shape index (κ3) is 5.62. The van der Waals surface area contributed by atoms with Gasteiger partial charge in [-0.05, 0) is 48.4 Å². The first-order valence-electron chi connectivity index (χ1n) is 11.0. The van der Waals surface area contributed by atoms with Crippen molar-refractivity contribution in [1.29, 1.82) is 0 Å². The van der Waals surface area contributed by atoms with E-state index in [4.69, 9.17) is 0 Å². The number of urea groups is 1. The van der Waals surface area contributed by atoms with Crippen molar-refractivity contribution in [2.24, 2.45) is 5.92 Å². The zero-order valence-corrected chi connectivity index (χ0v) is 18.2. The quantitative estimate of drug-likeness (QED) is 0.738. The van der Waals surface area contributed by atoms with Gasteiger partial charge in [-0.15, -0.1) is 0 Å². The lowest BCUT2D eigenvalue weighted by Gasteiger charge is -2.34. The number of rotatable bonds is 6. The minimum Gasteiger partial charge on any atom is -0.349 e. The summed E-state index contributed by atoms with van der Waals surface area (Å²) in [7, 11) is 0. The van der Waals surface area contributed by atoms with Gasteiger partial charge in [-0.1, -0.05) is 63.2 Å². The Bertz CT molecular complexity index is 825. The zero-order valence-electron chi connectivity index (χ0n) is 18.2. The summed E-state index contributed by atoms with van der Waals surface area (Å²) >= 11 is 0. The van der Waals surface area contributed by atoms with Crippen LogP contribution in [0.5, 0.6) is 0 Å². The molecule has 1 fully saturated rings. The number of carbonyl (C=O) groups is 2. The second-order valence-corrected chi connectivity index (χ2v) is 8.37. The Hall–Kier alpha value is -2.82. The summed E-state index contributed by atoms with van der Waals surface area (Å²) in [6.45, 7) is 7.69. The molecule has 0 aromatic heterocycles. The van der Waals surface area contributed by atoms with Crippen LogP contribution in [0.1, 0.15) is 61.1 Å². The fourth-order valence-corrected chi connectivity index (χ4v) is 3.91. The van der Waals surface area contributed by atoms with Crippen molar-refractivity contribution >= 4 is 11.9 Å². The van der Waals surface area contributed by atoms with Crippen LogP contribution in [-0.4, -0.2) is 36.0 Å². The van der Waals surface area contributed by atoms with Crippen molar-refractivity contribution in [2.45, 2.75) is 52.1 Å². The summed E-state index contributed by atoms with van der Waals surface area (Å²) < 4.78 is 0. The SMILES string of the molecule is CCc1ccc([C@H](NC(=O)N2CCC(NC(=O)c3ccccc3)CC2)C(C)C)cc1. The van der Waals surface area contributed by atoms with E-state index in [1.165, 1.54) is 5.56 Å². The Morgan fingerprint density at radius 2 is 1.63 bits per heavy atom. The first-order chi connectivity index (χ1) is 14.5. The fourth-order valence-electron chi connectivity index (χ4n) is 3.91. The molecule has 5 heteroatoms. The van der Waals surface area contributed by atoms with Crippen LogP contribution in [0.25, 0.3) is 0 Å². The highest BCUT2D eigenvalue weighted by Gasteiger charge is 2.26. The van der Waals surface area contributed by atoms with Crippen LogP contribution < -0.4 is 10.6 Å². The average molecular weight is 408 g/mol. The third-order valence-electron chi connectivity index (χ3n) is 5.85. The van der Waals surface area contributed by atoms with Gasteiger partial charge in [0.05, 0.1) is 6.04 Å². The van der Waals surface area contributed by atoms with Gasteiger partial charge >= 0.3 is 6.03 Å². The number of carbonyl (C=O) groups excluding carboxylic acids is 2. The van der Waals surface area contributed by atoms with Crippen molar-refractivity contribution in [3.63, 3.8) is 0 Å². The monoisotopic (exact) mass is 407 g/mol. The van der Waals surface area contributed by atoms with Crippen LogP contribution in [0, 0.1) is 5.92 Å². The molecule has 0 spiro atoms. The van der Waals surface area contributed by atoms with E-state index in [1.807, 2.05) is 35.2 Å². The maximum atomic E-state index is 12.9. The van der Waals surface area contributed by atoms with Crippen LogP contribution in [0.3, 0.4) is 0 Å². The Morgan fingerprint density at radius 1 is 1.00 bits per heavy atom. The molecule has 1 heterocycles. The second-order valence-electron chi connectivity index (χ2n) is 8.37. The smallest absolute Gasteiger partial charge is 0.317 e. The summed E-state index contributed by atoms with van der Waals surface area (Å²) in [6.07, 6.45) is 2.54. The van der Waals surface area contributed by atoms with Crippen molar-refractivity contribution in [3.8, 4) is 0 Å². The summed E-state index contributed by atoms with van der Waals surface area (Å²) in [6, 6.07) is 17.8. The molecule has 0 radical (unpaired) electrons. The van der Waals surface area contributed by atoms with Crippen molar-refractivity contribution < 1.29 is 9.59 Å². The molecule has 2 N–H and O–H groups in total. The topological polar surface area (TPSA) is 61.4 Å². The van der Waals surface area contributed by atoms with E-state index in [0.717, 1.165) is 24.8 Å². The average Bonchev–Trinajstić information content (AvgIpc) is 2.78. The molecular weight excluding hydrogens is 374 g/mol. The maximum absolute atomic E-state index is 12.9. The summed E-state index contributed by atoms with van der Waals surface area (Å²) in [5.74, 6) is 0.248. The van der Waals surface area contributed by atoms with Gasteiger partial charge in [0.1, 0.15) is 0 Å². The number of nitrogens with one attached hydrogen (secondary N) is 2. The largest absolute Gasteiger partial charge is 0.349 e. The first-order valence-corrected chi connectivity index (χ1v) is 11.0. The number of likely N-dealkylation sites (tertiary alicyclic amines) is 1. The van der Waals surface area contributed by atoms with Crippen LogP contribution in [0.4, 0.5) is 4.79 Å². The highest BCUT2D eigenvalue weighted by atomic mass is 16.2. The van der Waals surface area contributed by atoms with Crippen molar-refractivity contribution in [2.75, 3.05) is 13.1 Å². The van der Waals surface area contributed by atoms with E-state index in [0.29, 0.717) is 24.6 Å². The molecule has 1 aliphatic heterocycles. The number of amides is 3. The van der Waals surface area contributed by atoms with Gasteiger partial charge in [0.2, 0.25) is 0 Å². The summed E-state index contributed by atoms with van der Waals surface area (Å²) in [5.41, 5.74) is 3.11. The molecule has 160 valence electrons. The molecule has 1 saturated heterocycles. The molecule has 3 rings (SSSR count). The molecule has 1 aliphatic rings. The van der Waals surface area contributed by atoms with Gasteiger partial charge in [0, 0.05) is 24.7 Å². The number of aryl methyl sites for hydroxylation is 1. The molecule has 0 aliphatic carbocycles. The van der Waals surface area contributed by atoms with Crippen LogP contribution in [-0.2, 0) is 6.42 Å². The lowest BCUT2D eigenvalue weighted by molar-refractivity contribution is 0.0917. The number of nitrogens with zero attached hydrogens (tertiary/aromatic N) is 1. The van der Waals surface area contributed by atoms with Gasteiger partial charge in [0.15, 0.2) is 0 Å². The molecular formula is C25H33N3O2. The molecule has 0 bridgehead atoms. The zero-order chi connectivity index (χ0) is 21.5. The fraction of sp³-hybridized carbons (Fsp3) is 0.440. The van der Waals surface area contributed by atoms with Crippen molar-refractivity contribution in [3.05, 3.63) is 71.3 Å². The minimum atomic E-state index is -0.0473. The van der Waals surface area contributed by atoms with Gasteiger partial charge in [-0.2, -0.15) is 0 Å². The van der Waals surface area contributed by atoms with Gasteiger partial charge < -0.3 is 15.5 Å². The molecule has 2 aromatic rings. The van der Waals surface area contributed by atoms with Crippen LogP contribution in [0.2, 0.25) is 0 Å². The van der Waals surface area contributed by atoms with E-state index >= 15 is 0 Å². The van der Waals surface area contributed by atoms with Crippen molar-refractivity contribution in [1.82, 2.24) is 15.5 Å². The van der Waals surface area contributed by atoms with E-state index in [9.17, 15) is 9.59 Å². The predicted molar refractivity (Wildman–Crippen MR) is 120 cm³/mol. The first kappa shape index (κ1) is 21.9. The van der Waals surface area contributed by atoms with Gasteiger partial charge in [0.25, 0.3) is 5.91 Å². The molecule has 0 unspecified atom stereocenters. The van der Waals surface area contributed by atoms with Gasteiger partial charge in [-0.25, -0.2) is 4.79 Å². The van der Waals surface area contributed by atoms with E-state index in [2.05, 4.69) is 55.7 Å². The molecule has 5 nitrogen and oxygen atoms in total. The standard InChI is InChI=1S/C25H33N3O2/c1-4-19-10-12-20(13-11-19)23(18(2)3)27-25(30)28-16-14-22(15-17-28)26-24(29)21-8-6-5-7-9-21/h5-13,18,22-23H,4,14-17H2,1-3H3,(H,26,29)(H,27,30)/t23-/m1/s1. The molecule has 3 amide bonds. The normalized spacial score (nSPS) is 15.7. The van der Waals surface area contributed by atoms with Crippen LogP contribution >= 0.6 is 0 Å². The van der Waals surface area contributed by atoms with E-state index < -0.39 is 0 Å². The lowest BCUT2D eigenvalue weighted by atomic mass is 9.95. The molecule has 1 atom stereocenters. The highest BCUT2D eigenvalue weighted by Crippen LogP contribution is 2.23. The Morgan fingerprint density at radius 3 is 2.20 bits per heavy atom.